The summed E-state index contributed by atoms with van der Waals surface area (Å²) in [5.74, 6) is 0. The van der Waals surface area contributed by atoms with Crippen LogP contribution in [0.4, 0.5) is 0 Å². The second-order valence-corrected chi connectivity index (χ2v) is 5.10. The van der Waals surface area contributed by atoms with E-state index in [9.17, 15) is 0 Å². The van der Waals surface area contributed by atoms with Gasteiger partial charge in [-0.15, -0.1) is 0 Å². The zero-order chi connectivity index (χ0) is 12.8. The Balaban J connectivity index is 1.66. The molecule has 0 amide bonds. The van der Waals surface area contributed by atoms with Gasteiger partial charge in [0.25, 0.3) is 0 Å². The van der Waals surface area contributed by atoms with Crippen molar-refractivity contribution in [3.63, 3.8) is 0 Å². The zero-order valence-corrected chi connectivity index (χ0v) is 11.5. The van der Waals surface area contributed by atoms with Crippen molar-refractivity contribution in [2.24, 2.45) is 0 Å². The van der Waals surface area contributed by atoms with Crippen LogP contribution in [-0.4, -0.2) is 61.1 Å². The van der Waals surface area contributed by atoms with Crippen molar-refractivity contribution in [1.82, 2.24) is 20.1 Å². The SMILES string of the molecule is C[C@H](NCCN1CCN(C)CC1)c1ccncc1. The number of hydrogen-bond donors (Lipinski definition) is 1. The molecule has 1 saturated heterocycles. The van der Waals surface area contributed by atoms with Crippen LogP contribution in [0.25, 0.3) is 0 Å². The minimum atomic E-state index is 0.403. The van der Waals surface area contributed by atoms with Gasteiger partial charge >= 0.3 is 0 Å². The summed E-state index contributed by atoms with van der Waals surface area (Å²) in [6.07, 6.45) is 3.71. The van der Waals surface area contributed by atoms with Crippen molar-refractivity contribution >= 4 is 0 Å². The molecule has 1 aromatic rings. The van der Waals surface area contributed by atoms with E-state index in [1.54, 1.807) is 0 Å². The summed E-state index contributed by atoms with van der Waals surface area (Å²) in [5.41, 5.74) is 1.31. The molecule has 1 aliphatic heterocycles. The van der Waals surface area contributed by atoms with Gasteiger partial charge in [-0.3, -0.25) is 9.88 Å². The summed E-state index contributed by atoms with van der Waals surface area (Å²) < 4.78 is 0. The molecule has 0 bridgehead atoms. The van der Waals surface area contributed by atoms with Crippen LogP contribution in [0, 0.1) is 0 Å². The average Bonchev–Trinajstić information content (AvgIpc) is 2.42. The highest BCUT2D eigenvalue weighted by Gasteiger charge is 2.13. The zero-order valence-electron chi connectivity index (χ0n) is 11.5. The van der Waals surface area contributed by atoms with Crippen LogP contribution in [0.2, 0.25) is 0 Å². The molecule has 1 fully saturated rings. The molecule has 2 heterocycles. The number of pyridine rings is 1. The molecule has 4 heteroatoms. The van der Waals surface area contributed by atoms with Gasteiger partial charge in [-0.2, -0.15) is 0 Å². The second kappa shape index (κ2) is 6.83. The Morgan fingerprint density at radius 3 is 2.56 bits per heavy atom. The molecule has 1 aliphatic rings. The van der Waals surface area contributed by atoms with Crippen molar-refractivity contribution in [2.45, 2.75) is 13.0 Å². The summed E-state index contributed by atoms with van der Waals surface area (Å²) in [5, 5.41) is 3.57. The third kappa shape index (κ3) is 4.05. The van der Waals surface area contributed by atoms with E-state index in [-0.39, 0.29) is 0 Å². The van der Waals surface area contributed by atoms with Gasteiger partial charge in [-0.05, 0) is 31.7 Å². The van der Waals surface area contributed by atoms with Crippen LogP contribution in [0.15, 0.2) is 24.5 Å². The topological polar surface area (TPSA) is 31.4 Å². The molecule has 0 aliphatic carbocycles. The lowest BCUT2D eigenvalue weighted by Crippen LogP contribution is -2.46. The third-order valence-electron chi connectivity index (χ3n) is 3.68. The molecule has 0 aromatic carbocycles. The molecule has 0 spiro atoms. The lowest BCUT2D eigenvalue weighted by Gasteiger charge is -2.32. The first-order valence-corrected chi connectivity index (χ1v) is 6.80. The predicted octanol–water partition coefficient (Wildman–Crippen LogP) is 0.980. The smallest absolute Gasteiger partial charge is 0.0293 e. The number of nitrogens with one attached hydrogen (secondary N) is 1. The molecule has 0 unspecified atom stereocenters. The number of hydrogen-bond acceptors (Lipinski definition) is 4. The maximum atomic E-state index is 4.05. The summed E-state index contributed by atoms with van der Waals surface area (Å²) in [6, 6.07) is 4.56. The van der Waals surface area contributed by atoms with Crippen molar-refractivity contribution in [2.75, 3.05) is 46.3 Å². The second-order valence-electron chi connectivity index (χ2n) is 5.10. The molecule has 1 atom stereocenters. The van der Waals surface area contributed by atoms with Gasteiger partial charge in [-0.25, -0.2) is 0 Å². The van der Waals surface area contributed by atoms with E-state index in [1.165, 1.54) is 31.7 Å². The van der Waals surface area contributed by atoms with Gasteiger partial charge in [0.2, 0.25) is 0 Å². The van der Waals surface area contributed by atoms with Gasteiger partial charge in [0.05, 0.1) is 0 Å². The largest absolute Gasteiger partial charge is 0.309 e. The molecule has 1 aromatic heterocycles. The average molecular weight is 248 g/mol. The Hall–Kier alpha value is -0.970. The molecule has 0 radical (unpaired) electrons. The summed E-state index contributed by atoms with van der Waals surface area (Å²) in [4.78, 5) is 8.97. The maximum absolute atomic E-state index is 4.05. The minimum absolute atomic E-state index is 0.403. The Morgan fingerprint density at radius 1 is 1.22 bits per heavy atom. The fourth-order valence-electron chi connectivity index (χ4n) is 2.28. The number of rotatable bonds is 5. The molecule has 100 valence electrons. The van der Waals surface area contributed by atoms with E-state index in [2.05, 4.69) is 46.2 Å². The van der Waals surface area contributed by atoms with Crippen molar-refractivity contribution in [1.29, 1.82) is 0 Å². The summed E-state index contributed by atoms with van der Waals surface area (Å²) in [6.45, 7) is 9.18. The van der Waals surface area contributed by atoms with Crippen LogP contribution in [0.1, 0.15) is 18.5 Å². The standard InChI is InChI=1S/C14H24N4/c1-13(14-3-5-15-6-4-14)16-7-8-18-11-9-17(2)10-12-18/h3-6,13,16H,7-12H2,1-2H3/t13-/m0/s1. The van der Waals surface area contributed by atoms with Gasteiger partial charge in [0.1, 0.15) is 0 Å². The normalized spacial score (nSPS) is 19.9. The highest BCUT2D eigenvalue weighted by Crippen LogP contribution is 2.09. The quantitative estimate of drug-likeness (QED) is 0.842. The van der Waals surface area contributed by atoms with Crippen LogP contribution in [0.5, 0.6) is 0 Å². The summed E-state index contributed by atoms with van der Waals surface area (Å²) in [7, 11) is 2.20. The van der Waals surface area contributed by atoms with Crippen molar-refractivity contribution in [3.05, 3.63) is 30.1 Å². The van der Waals surface area contributed by atoms with Gasteiger partial charge in [-0.1, -0.05) is 0 Å². The van der Waals surface area contributed by atoms with Crippen LogP contribution in [-0.2, 0) is 0 Å². The van der Waals surface area contributed by atoms with E-state index in [4.69, 9.17) is 0 Å². The number of likely N-dealkylation sites (N-methyl/N-ethyl adjacent to an activating group) is 1. The molecule has 0 saturated carbocycles. The first-order valence-electron chi connectivity index (χ1n) is 6.80. The van der Waals surface area contributed by atoms with E-state index < -0.39 is 0 Å². The van der Waals surface area contributed by atoms with Gasteiger partial charge < -0.3 is 10.2 Å². The Labute approximate surface area is 110 Å². The monoisotopic (exact) mass is 248 g/mol. The van der Waals surface area contributed by atoms with Gasteiger partial charge in [0, 0.05) is 57.7 Å². The molecular formula is C14H24N4. The predicted molar refractivity (Wildman–Crippen MR) is 74.6 cm³/mol. The van der Waals surface area contributed by atoms with E-state index >= 15 is 0 Å². The third-order valence-corrected chi connectivity index (χ3v) is 3.68. The fourth-order valence-corrected chi connectivity index (χ4v) is 2.28. The highest BCUT2D eigenvalue weighted by molar-refractivity contribution is 5.13. The van der Waals surface area contributed by atoms with Gasteiger partial charge in [0.15, 0.2) is 0 Å². The summed E-state index contributed by atoms with van der Waals surface area (Å²) >= 11 is 0. The molecule has 2 rings (SSSR count). The van der Waals surface area contributed by atoms with Crippen LogP contribution in [0.3, 0.4) is 0 Å². The number of nitrogens with zero attached hydrogens (tertiary/aromatic N) is 3. The van der Waals surface area contributed by atoms with E-state index in [0.29, 0.717) is 6.04 Å². The Morgan fingerprint density at radius 2 is 1.89 bits per heavy atom. The van der Waals surface area contributed by atoms with Crippen molar-refractivity contribution in [3.8, 4) is 0 Å². The Bertz CT molecular complexity index is 333. The van der Waals surface area contributed by atoms with E-state index in [0.717, 1.165) is 13.1 Å². The highest BCUT2D eigenvalue weighted by atomic mass is 15.2. The number of piperazine rings is 1. The molecule has 1 N–H and O–H groups in total. The van der Waals surface area contributed by atoms with Crippen LogP contribution >= 0.6 is 0 Å². The first-order chi connectivity index (χ1) is 8.75. The molecule has 4 nitrogen and oxygen atoms in total. The van der Waals surface area contributed by atoms with E-state index in [1.807, 2.05) is 12.4 Å². The maximum Gasteiger partial charge on any atom is 0.0293 e. The minimum Gasteiger partial charge on any atom is -0.309 e. The lowest BCUT2D eigenvalue weighted by molar-refractivity contribution is 0.154. The van der Waals surface area contributed by atoms with Crippen LogP contribution < -0.4 is 5.32 Å². The lowest BCUT2D eigenvalue weighted by atomic mass is 10.1. The fraction of sp³-hybridized carbons (Fsp3) is 0.643. The van der Waals surface area contributed by atoms with Crippen molar-refractivity contribution < 1.29 is 0 Å². The Kier molecular flexibility index (Phi) is 5.11. The first kappa shape index (κ1) is 13.5. The molecule has 18 heavy (non-hydrogen) atoms. The number of aromatic nitrogens is 1. The molecular weight excluding hydrogens is 224 g/mol.